The van der Waals surface area contributed by atoms with Gasteiger partial charge in [-0.1, -0.05) is 6.07 Å². The fourth-order valence-electron chi connectivity index (χ4n) is 3.73. The maximum Gasteiger partial charge on any atom is 0.161 e. The largest absolute Gasteiger partial charge is 0.493 e. The average molecular weight is 275 g/mol. The van der Waals surface area contributed by atoms with Crippen LogP contribution in [-0.2, 0) is 10.2 Å². The van der Waals surface area contributed by atoms with Gasteiger partial charge in [0.25, 0.3) is 0 Å². The highest BCUT2D eigenvalue weighted by Gasteiger charge is 2.47. The lowest BCUT2D eigenvalue weighted by molar-refractivity contribution is -0.121. The molecule has 1 saturated carbocycles. The Morgan fingerprint density at radius 2 is 2.00 bits per heavy atom. The van der Waals surface area contributed by atoms with Crippen molar-refractivity contribution in [1.29, 1.82) is 0 Å². The number of hydrogen-bond acceptors (Lipinski definition) is 4. The van der Waals surface area contributed by atoms with Crippen molar-refractivity contribution in [3.63, 3.8) is 0 Å². The minimum absolute atomic E-state index is 0.0768. The third-order valence-corrected chi connectivity index (χ3v) is 4.87. The summed E-state index contributed by atoms with van der Waals surface area (Å²) in [6, 6.07) is 6.43. The van der Waals surface area contributed by atoms with Crippen molar-refractivity contribution >= 4 is 5.78 Å². The molecule has 3 rings (SSSR count). The predicted molar refractivity (Wildman–Crippen MR) is 76.5 cm³/mol. The van der Waals surface area contributed by atoms with Crippen molar-refractivity contribution in [2.45, 2.75) is 37.1 Å². The monoisotopic (exact) mass is 275 g/mol. The van der Waals surface area contributed by atoms with Crippen LogP contribution in [0.3, 0.4) is 0 Å². The maximum absolute atomic E-state index is 11.7. The van der Waals surface area contributed by atoms with Crippen LogP contribution >= 0.6 is 0 Å². The van der Waals surface area contributed by atoms with E-state index in [-0.39, 0.29) is 11.5 Å². The van der Waals surface area contributed by atoms with Gasteiger partial charge in [0.05, 0.1) is 14.2 Å². The zero-order valence-electron chi connectivity index (χ0n) is 12.1. The molecule has 1 aromatic rings. The van der Waals surface area contributed by atoms with Crippen LogP contribution in [0.5, 0.6) is 11.5 Å². The number of hydrogen-bond donors (Lipinski definition) is 1. The van der Waals surface area contributed by atoms with Crippen LogP contribution in [0.1, 0.15) is 31.2 Å². The highest BCUT2D eigenvalue weighted by atomic mass is 16.5. The number of benzene rings is 1. The fraction of sp³-hybridized carbons (Fsp3) is 0.562. The predicted octanol–water partition coefficient (Wildman–Crippen LogP) is 2.06. The van der Waals surface area contributed by atoms with Crippen molar-refractivity contribution in [2.24, 2.45) is 0 Å². The lowest BCUT2D eigenvalue weighted by atomic mass is 9.66. The number of carbonyl (C=O) groups excluding carboxylic acids is 1. The Labute approximate surface area is 119 Å². The van der Waals surface area contributed by atoms with Crippen molar-refractivity contribution in [3.05, 3.63) is 23.8 Å². The number of methoxy groups -OCH3 is 2. The molecule has 0 bridgehead atoms. The molecule has 4 heteroatoms. The molecule has 108 valence electrons. The maximum atomic E-state index is 11.7. The second kappa shape index (κ2) is 5.09. The third-order valence-electron chi connectivity index (χ3n) is 4.87. The van der Waals surface area contributed by atoms with Crippen LogP contribution in [-0.4, -0.2) is 32.6 Å². The van der Waals surface area contributed by atoms with E-state index in [1.54, 1.807) is 14.2 Å². The Morgan fingerprint density at radius 3 is 2.75 bits per heavy atom. The van der Waals surface area contributed by atoms with Crippen molar-refractivity contribution in [1.82, 2.24) is 5.32 Å². The van der Waals surface area contributed by atoms with E-state index in [9.17, 15) is 4.79 Å². The fourth-order valence-corrected chi connectivity index (χ4v) is 3.73. The van der Waals surface area contributed by atoms with Gasteiger partial charge in [-0.05, 0) is 37.1 Å². The molecule has 2 fully saturated rings. The van der Waals surface area contributed by atoms with Crippen molar-refractivity contribution in [3.8, 4) is 11.5 Å². The summed E-state index contributed by atoms with van der Waals surface area (Å²) >= 11 is 0. The molecule has 2 aliphatic rings. The van der Waals surface area contributed by atoms with E-state index in [0.717, 1.165) is 30.9 Å². The number of rotatable bonds is 3. The van der Waals surface area contributed by atoms with Gasteiger partial charge in [0.15, 0.2) is 11.5 Å². The van der Waals surface area contributed by atoms with Gasteiger partial charge < -0.3 is 14.8 Å². The second-order valence-electron chi connectivity index (χ2n) is 5.73. The van der Waals surface area contributed by atoms with Crippen LogP contribution in [0.4, 0.5) is 0 Å². The van der Waals surface area contributed by atoms with Crippen LogP contribution in [0.2, 0.25) is 0 Å². The summed E-state index contributed by atoms with van der Waals surface area (Å²) in [7, 11) is 3.31. The molecule has 2 atom stereocenters. The summed E-state index contributed by atoms with van der Waals surface area (Å²) in [6.45, 7) is 0.978. The summed E-state index contributed by atoms with van der Waals surface area (Å²) in [5.74, 6) is 1.89. The number of ether oxygens (including phenoxy) is 2. The highest BCUT2D eigenvalue weighted by molar-refractivity contribution is 5.81. The topological polar surface area (TPSA) is 47.6 Å². The summed E-state index contributed by atoms with van der Waals surface area (Å²) in [5, 5.41) is 3.50. The van der Waals surface area contributed by atoms with E-state index < -0.39 is 0 Å². The molecular formula is C16H21NO3. The molecule has 1 heterocycles. The molecule has 0 aromatic heterocycles. The molecule has 1 aliphatic heterocycles. The Kier molecular flexibility index (Phi) is 3.42. The van der Waals surface area contributed by atoms with E-state index in [2.05, 4.69) is 17.4 Å². The first kappa shape index (κ1) is 13.4. The van der Waals surface area contributed by atoms with E-state index in [4.69, 9.17) is 9.47 Å². The molecule has 1 aliphatic carbocycles. The minimum atomic E-state index is 0.0768. The van der Waals surface area contributed by atoms with Gasteiger partial charge in [-0.25, -0.2) is 0 Å². The van der Waals surface area contributed by atoms with Crippen LogP contribution < -0.4 is 14.8 Å². The molecule has 0 radical (unpaired) electrons. The summed E-state index contributed by atoms with van der Waals surface area (Å²) in [5.41, 5.74) is 1.34. The molecule has 1 N–H and O–H groups in total. The number of carbonyl (C=O) groups is 1. The molecule has 0 unspecified atom stereocenters. The second-order valence-corrected chi connectivity index (χ2v) is 5.73. The average Bonchev–Trinajstić information content (AvgIpc) is 2.90. The van der Waals surface area contributed by atoms with Crippen LogP contribution in [0.25, 0.3) is 0 Å². The van der Waals surface area contributed by atoms with Gasteiger partial charge in [0, 0.05) is 24.3 Å². The number of Topliss-reactive ketones (excluding diaryl/α,β-unsaturated/α-hetero) is 1. The number of nitrogens with one attached hydrogen (secondary N) is 1. The molecule has 0 amide bonds. The lowest BCUT2D eigenvalue weighted by Crippen LogP contribution is -2.45. The molecular weight excluding hydrogens is 254 g/mol. The Bertz CT molecular complexity index is 528. The standard InChI is InChI=1S/C16H21NO3/c1-19-13-4-3-11(9-14(13)20-2)16-6-5-12(18)10-15(16)17-8-7-16/h3-4,9,15,17H,5-8,10H2,1-2H3/t15-,16-/m1/s1. The van der Waals surface area contributed by atoms with Crippen LogP contribution in [0, 0.1) is 0 Å². The zero-order chi connectivity index (χ0) is 14.2. The van der Waals surface area contributed by atoms with Gasteiger partial charge >= 0.3 is 0 Å². The first-order valence-electron chi connectivity index (χ1n) is 7.17. The third kappa shape index (κ3) is 1.99. The summed E-state index contributed by atoms with van der Waals surface area (Å²) in [6.07, 6.45) is 3.35. The Hall–Kier alpha value is -1.55. The lowest BCUT2D eigenvalue weighted by Gasteiger charge is -2.39. The van der Waals surface area contributed by atoms with E-state index in [0.29, 0.717) is 18.6 Å². The Balaban J connectivity index is 2.00. The van der Waals surface area contributed by atoms with Gasteiger partial charge in [-0.15, -0.1) is 0 Å². The van der Waals surface area contributed by atoms with Crippen molar-refractivity contribution < 1.29 is 14.3 Å². The zero-order valence-corrected chi connectivity index (χ0v) is 12.1. The first-order chi connectivity index (χ1) is 9.69. The first-order valence-corrected chi connectivity index (χ1v) is 7.17. The number of ketones is 1. The van der Waals surface area contributed by atoms with Gasteiger partial charge in [0.2, 0.25) is 0 Å². The number of fused-ring (bicyclic) bond motifs is 1. The van der Waals surface area contributed by atoms with Crippen molar-refractivity contribution in [2.75, 3.05) is 20.8 Å². The molecule has 0 spiro atoms. The normalized spacial score (nSPS) is 29.1. The SMILES string of the molecule is COc1ccc([C@@]23CCN[C@@H]2CC(=O)CC3)cc1OC. The molecule has 1 saturated heterocycles. The summed E-state index contributed by atoms with van der Waals surface area (Å²) in [4.78, 5) is 11.7. The molecule has 20 heavy (non-hydrogen) atoms. The van der Waals surface area contributed by atoms with Gasteiger partial charge in [-0.2, -0.15) is 0 Å². The van der Waals surface area contributed by atoms with Gasteiger partial charge in [0.1, 0.15) is 5.78 Å². The molecule has 1 aromatic carbocycles. The van der Waals surface area contributed by atoms with E-state index >= 15 is 0 Å². The molecule has 4 nitrogen and oxygen atoms in total. The van der Waals surface area contributed by atoms with E-state index in [1.165, 1.54) is 5.56 Å². The van der Waals surface area contributed by atoms with Gasteiger partial charge in [-0.3, -0.25) is 4.79 Å². The quantitative estimate of drug-likeness (QED) is 0.917. The van der Waals surface area contributed by atoms with Crippen LogP contribution in [0.15, 0.2) is 18.2 Å². The summed E-state index contributed by atoms with van der Waals surface area (Å²) < 4.78 is 10.7. The minimum Gasteiger partial charge on any atom is -0.493 e. The smallest absolute Gasteiger partial charge is 0.161 e. The van der Waals surface area contributed by atoms with E-state index in [1.807, 2.05) is 6.07 Å². The Morgan fingerprint density at radius 1 is 1.20 bits per heavy atom. The highest BCUT2D eigenvalue weighted by Crippen LogP contribution is 2.46.